The molecule has 128 valence electrons. The zero-order valence-electron chi connectivity index (χ0n) is 13.6. The molecule has 1 aliphatic rings. The Balaban J connectivity index is 1.68. The molecule has 1 aromatic heterocycles. The summed E-state index contributed by atoms with van der Waals surface area (Å²) < 4.78 is 23.5. The zero-order valence-corrected chi connectivity index (χ0v) is 14.5. The van der Waals surface area contributed by atoms with Crippen molar-refractivity contribution in [1.29, 1.82) is 0 Å². The van der Waals surface area contributed by atoms with Crippen LogP contribution in [0.3, 0.4) is 0 Å². The summed E-state index contributed by atoms with van der Waals surface area (Å²) in [6.07, 6.45) is 3.42. The van der Waals surface area contributed by atoms with Gasteiger partial charge in [-0.1, -0.05) is 12.1 Å². The van der Waals surface area contributed by atoms with E-state index < -0.39 is 10.0 Å². The molecule has 0 saturated carbocycles. The van der Waals surface area contributed by atoms with Crippen LogP contribution in [0.1, 0.15) is 18.4 Å². The van der Waals surface area contributed by atoms with Gasteiger partial charge in [0.2, 0.25) is 10.0 Å². The Hall–Kier alpha value is -2.12. The van der Waals surface area contributed by atoms with Crippen LogP contribution in [-0.4, -0.2) is 32.5 Å². The Bertz CT molecular complexity index is 815. The molecule has 3 rings (SSSR count). The third-order valence-corrected chi connectivity index (χ3v) is 5.17. The van der Waals surface area contributed by atoms with E-state index in [1.807, 2.05) is 11.0 Å². The first-order valence-electron chi connectivity index (χ1n) is 7.99. The van der Waals surface area contributed by atoms with Crippen molar-refractivity contribution < 1.29 is 8.42 Å². The minimum atomic E-state index is -3.77. The van der Waals surface area contributed by atoms with E-state index in [4.69, 9.17) is 5.14 Å². The van der Waals surface area contributed by atoms with Crippen LogP contribution >= 0.6 is 0 Å². The average Bonchev–Trinajstić information content (AvgIpc) is 2.55. The third kappa shape index (κ3) is 3.85. The summed E-state index contributed by atoms with van der Waals surface area (Å²) in [4.78, 5) is 6.32. The van der Waals surface area contributed by atoms with Crippen molar-refractivity contribution in [2.45, 2.75) is 30.7 Å². The number of aryl methyl sites for hydroxylation is 1. The molecule has 2 aromatic rings. The Labute approximate surface area is 142 Å². The van der Waals surface area contributed by atoms with Crippen LogP contribution in [0, 0.1) is 6.92 Å². The lowest BCUT2D eigenvalue weighted by Gasteiger charge is -2.34. The second kappa shape index (κ2) is 6.78. The maximum Gasteiger partial charge on any atom is 0.241 e. The summed E-state index contributed by atoms with van der Waals surface area (Å²) in [5.41, 5.74) is 2.35. The first-order chi connectivity index (χ1) is 11.4. The Morgan fingerprint density at radius 1 is 1.21 bits per heavy atom. The standard InChI is InChI=1S/C17H22N4O2S/c1-13-4-2-5-15(12-13)20-14-7-10-21(11-8-14)17-16(24(18,22)23)6-3-9-19-17/h2-6,9,12,14,20H,7-8,10-11H2,1H3,(H2,18,22,23). The molecule has 0 amide bonds. The number of benzene rings is 1. The van der Waals surface area contributed by atoms with Crippen LogP contribution in [0.15, 0.2) is 47.5 Å². The molecule has 0 spiro atoms. The fourth-order valence-electron chi connectivity index (χ4n) is 3.05. The highest BCUT2D eigenvalue weighted by Crippen LogP contribution is 2.25. The fraction of sp³-hybridized carbons (Fsp3) is 0.353. The molecule has 24 heavy (non-hydrogen) atoms. The zero-order chi connectivity index (χ0) is 17.2. The lowest BCUT2D eigenvalue weighted by molar-refractivity contribution is 0.520. The van der Waals surface area contributed by atoms with Gasteiger partial charge < -0.3 is 10.2 Å². The first kappa shape index (κ1) is 16.7. The summed E-state index contributed by atoms with van der Waals surface area (Å²) in [7, 11) is -3.77. The van der Waals surface area contributed by atoms with Gasteiger partial charge in [0, 0.05) is 31.0 Å². The van der Waals surface area contributed by atoms with E-state index >= 15 is 0 Å². The van der Waals surface area contributed by atoms with E-state index in [9.17, 15) is 8.42 Å². The van der Waals surface area contributed by atoms with Crippen molar-refractivity contribution in [2.24, 2.45) is 5.14 Å². The van der Waals surface area contributed by atoms with Gasteiger partial charge in [-0.2, -0.15) is 0 Å². The largest absolute Gasteiger partial charge is 0.382 e. The van der Waals surface area contributed by atoms with Gasteiger partial charge in [-0.05, 0) is 49.6 Å². The number of nitrogens with zero attached hydrogens (tertiary/aromatic N) is 2. The van der Waals surface area contributed by atoms with Gasteiger partial charge in [0.25, 0.3) is 0 Å². The number of anilines is 2. The molecule has 0 aliphatic carbocycles. The normalized spacial score (nSPS) is 16.2. The summed E-state index contributed by atoms with van der Waals surface area (Å²) in [6, 6.07) is 11.8. The van der Waals surface area contributed by atoms with Crippen LogP contribution < -0.4 is 15.4 Å². The van der Waals surface area contributed by atoms with E-state index in [1.165, 1.54) is 11.6 Å². The number of hydrogen-bond acceptors (Lipinski definition) is 5. The van der Waals surface area contributed by atoms with Crippen LogP contribution in [0.2, 0.25) is 0 Å². The second-order valence-electron chi connectivity index (χ2n) is 6.15. The number of nitrogens with one attached hydrogen (secondary N) is 1. The van der Waals surface area contributed by atoms with Gasteiger partial charge in [-0.3, -0.25) is 0 Å². The summed E-state index contributed by atoms with van der Waals surface area (Å²) in [5, 5.41) is 8.85. The molecule has 0 radical (unpaired) electrons. The molecule has 7 heteroatoms. The van der Waals surface area contributed by atoms with Crippen molar-refractivity contribution in [3.63, 3.8) is 0 Å². The molecule has 0 unspecified atom stereocenters. The number of pyridine rings is 1. The Kier molecular flexibility index (Phi) is 4.73. The lowest BCUT2D eigenvalue weighted by Crippen LogP contribution is -2.40. The van der Waals surface area contributed by atoms with E-state index in [0.29, 0.717) is 11.9 Å². The SMILES string of the molecule is Cc1cccc(NC2CCN(c3ncccc3S(N)(=O)=O)CC2)c1. The minimum Gasteiger partial charge on any atom is -0.382 e. The Morgan fingerprint density at radius 2 is 1.96 bits per heavy atom. The number of aromatic nitrogens is 1. The van der Waals surface area contributed by atoms with Crippen LogP contribution in [0.5, 0.6) is 0 Å². The molecule has 2 heterocycles. The van der Waals surface area contributed by atoms with Gasteiger partial charge in [0.1, 0.15) is 10.7 Å². The highest BCUT2D eigenvalue weighted by Gasteiger charge is 2.24. The van der Waals surface area contributed by atoms with E-state index in [2.05, 4.69) is 35.4 Å². The van der Waals surface area contributed by atoms with Crippen molar-refractivity contribution in [1.82, 2.24) is 4.98 Å². The highest BCUT2D eigenvalue weighted by atomic mass is 32.2. The molecule has 6 nitrogen and oxygen atoms in total. The Morgan fingerprint density at radius 3 is 2.62 bits per heavy atom. The van der Waals surface area contributed by atoms with Gasteiger partial charge in [-0.25, -0.2) is 18.5 Å². The van der Waals surface area contributed by atoms with Crippen molar-refractivity contribution in [2.75, 3.05) is 23.3 Å². The fourth-order valence-corrected chi connectivity index (χ4v) is 3.75. The summed E-state index contributed by atoms with van der Waals surface area (Å²) in [5.74, 6) is 0.453. The van der Waals surface area contributed by atoms with Crippen LogP contribution in [-0.2, 0) is 10.0 Å². The summed E-state index contributed by atoms with van der Waals surface area (Å²) >= 11 is 0. The van der Waals surface area contributed by atoms with Crippen LogP contribution in [0.25, 0.3) is 0 Å². The van der Waals surface area contributed by atoms with Crippen molar-refractivity contribution >= 4 is 21.5 Å². The monoisotopic (exact) mass is 346 g/mol. The quantitative estimate of drug-likeness (QED) is 0.885. The molecule has 0 bridgehead atoms. The maximum absolute atomic E-state index is 11.7. The van der Waals surface area contributed by atoms with E-state index in [1.54, 1.807) is 12.3 Å². The molecule has 1 aromatic carbocycles. The molecular formula is C17H22N4O2S. The van der Waals surface area contributed by atoms with Crippen molar-refractivity contribution in [3.8, 4) is 0 Å². The van der Waals surface area contributed by atoms with Gasteiger partial charge in [0.15, 0.2) is 0 Å². The van der Waals surface area contributed by atoms with E-state index in [-0.39, 0.29) is 4.90 Å². The molecule has 1 saturated heterocycles. The van der Waals surface area contributed by atoms with Gasteiger partial charge in [0.05, 0.1) is 0 Å². The smallest absolute Gasteiger partial charge is 0.241 e. The number of sulfonamides is 1. The second-order valence-corrected chi connectivity index (χ2v) is 7.68. The maximum atomic E-state index is 11.7. The molecule has 1 fully saturated rings. The predicted octanol–water partition coefficient (Wildman–Crippen LogP) is 2.12. The average molecular weight is 346 g/mol. The number of piperidine rings is 1. The number of nitrogens with two attached hydrogens (primary N) is 1. The number of hydrogen-bond donors (Lipinski definition) is 2. The lowest BCUT2D eigenvalue weighted by atomic mass is 10.0. The highest BCUT2D eigenvalue weighted by molar-refractivity contribution is 7.89. The van der Waals surface area contributed by atoms with Crippen LogP contribution in [0.4, 0.5) is 11.5 Å². The number of rotatable bonds is 4. The summed E-state index contributed by atoms with van der Waals surface area (Å²) in [6.45, 7) is 3.55. The minimum absolute atomic E-state index is 0.0927. The third-order valence-electron chi connectivity index (χ3n) is 4.24. The first-order valence-corrected chi connectivity index (χ1v) is 9.54. The molecule has 1 aliphatic heterocycles. The predicted molar refractivity (Wildman–Crippen MR) is 95.6 cm³/mol. The molecule has 0 atom stereocenters. The topological polar surface area (TPSA) is 88.3 Å². The van der Waals surface area contributed by atoms with Gasteiger partial charge >= 0.3 is 0 Å². The molecule has 3 N–H and O–H groups in total. The van der Waals surface area contributed by atoms with Crippen molar-refractivity contribution in [3.05, 3.63) is 48.2 Å². The molecular weight excluding hydrogens is 324 g/mol. The number of primary sulfonamides is 1. The van der Waals surface area contributed by atoms with E-state index in [0.717, 1.165) is 31.6 Å². The van der Waals surface area contributed by atoms with Gasteiger partial charge in [-0.15, -0.1) is 0 Å².